The van der Waals surface area contributed by atoms with Crippen molar-refractivity contribution in [2.24, 2.45) is 0 Å². The minimum Gasteiger partial charge on any atom is -0.463 e. The van der Waals surface area contributed by atoms with Crippen LogP contribution in [0.2, 0.25) is 0 Å². The molecule has 1 aromatic carbocycles. The van der Waals surface area contributed by atoms with Gasteiger partial charge >= 0.3 is 12.0 Å². The highest BCUT2D eigenvalue weighted by Gasteiger charge is 2.07. The van der Waals surface area contributed by atoms with Crippen LogP contribution in [0.1, 0.15) is 18.1 Å². The van der Waals surface area contributed by atoms with Crippen LogP contribution in [0.25, 0.3) is 6.08 Å². The number of carbonyl (C=O) groups is 2. The van der Waals surface area contributed by atoms with Gasteiger partial charge in [-0.05, 0) is 36.8 Å². The van der Waals surface area contributed by atoms with Gasteiger partial charge in [-0.15, -0.1) is 0 Å². The van der Waals surface area contributed by atoms with Crippen LogP contribution >= 0.6 is 0 Å². The van der Waals surface area contributed by atoms with Gasteiger partial charge in [0.2, 0.25) is 0 Å². The molecule has 0 fully saturated rings. The van der Waals surface area contributed by atoms with Crippen LogP contribution < -0.4 is 15.5 Å². The van der Waals surface area contributed by atoms with Gasteiger partial charge in [-0.3, -0.25) is 0 Å². The largest absolute Gasteiger partial charge is 0.463 e. The lowest BCUT2D eigenvalue weighted by molar-refractivity contribution is -0.137. The zero-order valence-corrected chi connectivity index (χ0v) is 15.7. The van der Waals surface area contributed by atoms with E-state index < -0.39 is 0 Å². The number of benzene rings is 1. The highest BCUT2D eigenvalue weighted by atomic mass is 16.5. The Morgan fingerprint density at radius 1 is 1.19 bits per heavy atom. The molecule has 0 aliphatic rings. The number of amides is 2. The van der Waals surface area contributed by atoms with E-state index in [0.29, 0.717) is 18.8 Å². The zero-order chi connectivity index (χ0) is 19.6. The van der Waals surface area contributed by atoms with Crippen LogP contribution in [-0.4, -0.2) is 37.7 Å². The number of anilines is 2. The number of aromatic nitrogens is 1. The molecule has 0 aliphatic heterocycles. The predicted molar refractivity (Wildman–Crippen MR) is 107 cm³/mol. The Morgan fingerprint density at radius 3 is 2.59 bits per heavy atom. The van der Waals surface area contributed by atoms with Crippen LogP contribution in [0, 0.1) is 0 Å². The van der Waals surface area contributed by atoms with Crippen LogP contribution in [0.5, 0.6) is 0 Å². The Hall–Kier alpha value is -3.35. The van der Waals surface area contributed by atoms with Crippen molar-refractivity contribution in [2.75, 3.05) is 30.9 Å². The second-order valence-corrected chi connectivity index (χ2v) is 5.90. The molecule has 0 radical (unpaired) electrons. The first-order chi connectivity index (χ1) is 13.0. The SMILES string of the molecule is CCOC(=O)/C=C/c1ccc(NC(=O)NCc2cccnc2N(C)C)cc1. The van der Waals surface area contributed by atoms with E-state index in [0.717, 1.165) is 16.9 Å². The second kappa shape index (κ2) is 9.96. The van der Waals surface area contributed by atoms with Gasteiger partial charge in [-0.2, -0.15) is 0 Å². The summed E-state index contributed by atoms with van der Waals surface area (Å²) in [5.74, 6) is 0.433. The summed E-state index contributed by atoms with van der Waals surface area (Å²) in [5.41, 5.74) is 2.41. The van der Waals surface area contributed by atoms with Crippen molar-refractivity contribution < 1.29 is 14.3 Å². The number of carbonyl (C=O) groups excluding carboxylic acids is 2. The van der Waals surface area contributed by atoms with Crippen molar-refractivity contribution in [1.82, 2.24) is 10.3 Å². The summed E-state index contributed by atoms with van der Waals surface area (Å²) in [4.78, 5) is 29.6. The maximum absolute atomic E-state index is 12.1. The topological polar surface area (TPSA) is 83.6 Å². The molecule has 0 saturated carbocycles. The summed E-state index contributed by atoms with van der Waals surface area (Å²) >= 11 is 0. The molecule has 2 amide bonds. The molecule has 0 unspecified atom stereocenters. The zero-order valence-electron chi connectivity index (χ0n) is 15.7. The van der Waals surface area contributed by atoms with E-state index in [-0.39, 0.29) is 12.0 Å². The summed E-state index contributed by atoms with van der Waals surface area (Å²) in [6, 6.07) is 10.6. The van der Waals surface area contributed by atoms with Gasteiger partial charge in [0.15, 0.2) is 0 Å². The number of nitrogens with one attached hydrogen (secondary N) is 2. The van der Waals surface area contributed by atoms with Gasteiger partial charge in [0.1, 0.15) is 5.82 Å². The third-order valence-corrected chi connectivity index (χ3v) is 3.60. The van der Waals surface area contributed by atoms with Crippen LogP contribution in [0.4, 0.5) is 16.3 Å². The summed E-state index contributed by atoms with van der Waals surface area (Å²) in [6.45, 7) is 2.47. The number of pyridine rings is 1. The molecule has 1 heterocycles. The van der Waals surface area contributed by atoms with Crippen molar-refractivity contribution in [2.45, 2.75) is 13.5 Å². The summed E-state index contributed by atoms with van der Waals surface area (Å²) in [5, 5.41) is 5.59. The first kappa shape index (κ1) is 20.0. The van der Waals surface area contributed by atoms with Gasteiger partial charge in [0, 0.05) is 44.2 Å². The highest BCUT2D eigenvalue weighted by molar-refractivity contribution is 5.90. The Morgan fingerprint density at radius 2 is 1.93 bits per heavy atom. The maximum Gasteiger partial charge on any atom is 0.330 e. The summed E-state index contributed by atoms with van der Waals surface area (Å²) < 4.78 is 4.83. The molecular weight excluding hydrogens is 344 g/mol. The van der Waals surface area contributed by atoms with E-state index in [9.17, 15) is 9.59 Å². The Bertz CT molecular complexity index is 801. The number of rotatable bonds is 7. The minimum atomic E-state index is -0.383. The molecule has 142 valence electrons. The van der Waals surface area contributed by atoms with Crippen molar-refractivity contribution in [3.63, 3.8) is 0 Å². The highest BCUT2D eigenvalue weighted by Crippen LogP contribution is 2.14. The molecule has 0 aliphatic carbocycles. The molecule has 7 heteroatoms. The molecule has 27 heavy (non-hydrogen) atoms. The molecule has 0 atom stereocenters. The van der Waals surface area contributed by atoms with Gasteiger partial charge in [0.25, 0.3) is 0 Å². The second-order valence-electron chi connectivity index (χ2n) is 5.90. The molecular formula is C20H24N4O3. The molecule has 1 aromatic heterocycles. The molecule has 0 spiro atoms. The number of ether oxygens (including phenoxy) is 1. The standard InChI is InChI=1S/C20H24N4O3/c1-4-27-18(25)12-9-15-7-10-17(11-8-15)23-20(26)22-14-16-6-5-13-21-19(16)24(2)3/h5-13H,4,14H2,1-3H3,(H2,22,23,26)/b12-9+. The van der Waals surface area contributed by atoms with Crippen molar-refractivity contribution in [3.8, 4) is 0 Å². The quantitative estimate of drug-likeness (QED) is 0.580. The van der Waals surface area contributed by atoms with Gasteiger partial charge < -0.3 is 20.3 Å². The lowest BCUT2D eigenvalue weighted by Crippen LogP contribution is -2.29. The third-order valence-electron chi connectivity index (χ3n) is 3.60. The smallest absolute Gasteiger partial charge is 0.330 e. The number of nitrogens with zero attached hydrogens (tertiary/aromatic N) is 2. The number of hydrogen-bond donors (Lipinski definition) is 2. The Balaban J connectivity index is 1.88. The first-order valence-electron chi connectivity index (χ1n) is 8.60. The molecule has 0 saturated heterocycles. The van der Waals surface area contributed by atoms with E-state index in [1.165, 1.54) is 6.08 Å². The van der Waals surface area contributed by atoms with E-state index in [2.05, 4.69) is 15.6 Å². The van der Waals surface area contributed by atoms with Crippen molar-refractivity contribution in [3.05, 3.63) is 59.8 Å². The fourth-order valence-electron chi connectivity index (χ4n) is 2.35. The number of esters is 1. The van der Waals surface area contributed by atoms with E-state index in [1.807, 2.05) is 31.1 Å². The van der Waals surface area contributed by atoms with Crippen LogP contribution in [0.3, 0.4) is 0 Å². The van der Waals surface area contributed by atoms with Crippen molar-refractivity contribution in [1.29, 1.82) is 0 Å². The maximum atomic E-state index is 12.1. The molecule has 7 nitrogen and oxygen atoms in total. The summed E-state index contributed by atoms with van der Waals surface area (Å²) in [6.07, 6.45) is 4.75. The molecule has 2 N–H and O–H groups in total. The van der Waals surface area contributed by atoms with E-state index in [1.54, 1.807) is 43.5 Å². The third kappa shape index (κ3) is 6.47. The Labute approximate surface area is 159 Å². The normalized spacial score (nSPS) is 10.5. The molecule has 2 aromatic rings. The molecule has 0 bridgehead atoms. The van der Waals surface area contributed by atoms with Crippen LogP contribution in [-0.2, 0) is 16.1 Å². The minimum absolute atomic E-state index is 0.307. The average molecular weight is 368 g/mol. The fourth-order valence-corrected chi connectivity index (χ4v) is 2.35. The first-order valence-corrected chi connectivity index (χ1v) is 8.60. The van der Waals surface area contributed by atoms with E-state index in [4.69, 9.17) is 4.74 Å². The monoisotopic (exact) mass is 368 g/mol. The van der Waals surface area contributed by atoms with Gasteiger partial charge in [-0.1, -0.05) is 18.2 Å². The van der Waals surface area contributed by atoms with Gasteiger partial charge in [0.05, 0.1) is 6.61 Å². The van der Waals surface area contributed by atoms with Crippen LogP contribution in [0.15, 0.2) is 48.7 Å². The fraction of sp³-hybridized carbons (Fsp3) is 0.250. The summed E-state index contributed by atoms with van der Waals surface area (Å²) in [7, 11) is 3.81. The van der Waals surface area contributed by atoms with E-state index >= 15 is 0 Å². The molecule has 2 rings (SSSR count). The number of hydrogen-bond acceptors (Lipinski definition) is 5. The lowest BCUT2D eigenvalue weighted by Gasteiger charge is -2.16. The lowest BCUT2D eigenvalue weighted by atomic mass is 10.2. The van der Waals surface area contributed by atoms with Crippen molar-refractivity contribution >= 4 is 29.6 Å². The number of urea groups is 1. The average Bonchev–Trinajstić information content (AvgIpc) is 2.66. The Kier molecular flexibility index (Phi) is 7.37. The predicted octanol–water partition coefficient (Wildman–Crippen LogP) is 3.05. The van der Waals surface area contributed by atoms with Gasteiger partial charge in [-0.25, -0.2) is 14.6 Å².